The lowest BCUT2D eigenvalue weighted by atomic mass is 9.86. The second-order valence-electron chi connectivity index (χ2n) is 4.61. The van der Waals surface area contributed by atoms with Crippen LogP contribution in [0.4, 0.5) is 5.69 Å². The standard InChI is InChI=1S/C17H19NO2/c1-3-17(16(19)20-2,14-10-6-4-7-11-14)18-15-12-8-5-9-13-15/h4-13,18H,3H2,1-2H3. The van der Waals surface area contributed by atoms with Crippen molar-refractivity contribution in [1.29, 1.82) is 0 Å². The lowest BCUT2D eigenvalue weighted by Crippen LogP contribution is -2.43. The van der Waals surface area contributed by atoms with Crippen LogP contribution in [0.25, 0.3) is 0 Å². The topological polar surface area (TPSA) is 38.3 Å². The lowest BCUT2D eigenvalue weighted by Gasteiger charge is -2.32. The Bertz CT molecular complexity index is 554. The van der Waals surface area contributed by atoms with Crippen molar-refractivity contribution in [3.8, 4) is 0 Å². The number of esters is 1. The summed E-state index contributed by atoms with van der Waals surface area (Å²) in [4.78, 5) is 12.4. The smallest absolute Gasteiger partial charge is 0.336 e. The van der Waals surface area contributed by atoms with Crippen LogP contribution in [0.3, 0.4) is 0 Å². The van der Waals surface area contributed by atoms with Gasteiger partial charge in [0.15, 0.2) is 5.54 Å². The minimum Gasteiger partial charge on any atom is -0.467 e. The molecule has 0 fully saturated rings. The molecule has 0 aromatic heterocycles. The Hall–Kier alpha value is -2.29. The first-order chi connectivity index (χ1) is 9.73. The molecule has 3 heteroatoms. The van der Waals surface area contributed by atoms with E-state index in [0.29, 0.717) is 6.42 Å². The molecule has 1 unspecified atom stereocenters. The molecule has 1 atom stereocenters. The Morgan fingerprint density at radius 1 is 1.05 bits per heavy atom. The van der Waals surface area contributed by atoms with E-state index in [2.05, 4.69) is 5.32 Å². The summed E-state index contributed by atoms with van der Waals surface area (Å²) in [5.74, 6) is -0.282. The molecule has 2 aromatic rings. The molecule has 2 aromatic carbocycles. The zero-order valence-electron chi connectivity index (χ0n) is 11.8. The molecule has 0 saturated heterocycles. The predicted octanol–water partition coefficient (Wildman–Crippen LogP) is 3.58. The van der Waals surface area contributed by atoms with Gasteiger partial charge < -0.3 is 10.1 Å². The number of para-hydroxylation sites is 1. The number of methoxy groups -OCH3 is 1. The van der Waals surface area contributed by atoms with Crippen molar-refractivity contribution in [3.63, 3.8) is 0 Å². The molecule has 0 amide bonds. The fourth-order valence-electron chi connectivity index (χ4n) is 2.34. The summed E-state index contributed by atoms with van der Waals surface area (Å²) < 4.78 is 5.03. The number of hydrogen-bond acceptors (Lipinski definition) is 3. The van der Waals surface area contributed by atoms with Crippen molar-refractivity contribution in [1.82, 2.24) is 0 Å². The highest BCUT2D eigenvalue weighted by atomic mass is 16.5. The number of rotatable bonds is 5. The summed E-state index contributed by atoms with van der Waals surface area (Å²) in [6.07, 6.45) is 0.596. The second-order valence-corrected chi connectivity index (χ2v) is 4.61. The van der Waals surface area contributed by atoms with Crippen molar-refractivity contribution < 1.29 is 9.53 Å². The van der Waals surface area contributed by atoms with Gasteiger partial charge in [-0.3, -0.25) is 0 Å². The minimum absolute atomic E-state index is 0.282. The maximum atomic E-state index is 12.4. The van der Waals surface area contributed by atoms with Crippen LogP contribution in [-0.4, -0.2) is 13.1 Å². The number of carbonyl (C=O) groups excluding carboxylic acids is 1. The van der Waals surface area contributed by atoms with E-state index in [1.807, 2.05) is 67.6 Å². The normalized spacial score (nSPS) is 13.3. The van der Waals surface area contributed by atoms with Crippen molar-refractivity contribution in [3.05, 3.63) is 66.2 Å². The first-order valence-corrected chi connectivity index (χ1v) is 6.70. The maximum absolute atomic E-state index is 12.4. The van der Waals surface area contributed by atoms with Crippen LogP contribution < -0.4 is 5.32 Å². The van der Waals surface area contributed by atoms with Gasteiger partial charge in [0.05, 0.1) is 7.11 Å². The molecule has 3 nitrogen and oxygen atoms in total. The zero-order chi connectivity index (χ0) is 14.4. The molecule has 0 saturated carbocycles. The molecule has 0 aliphatic carbocycles. The highest BCUT2D eigenvalue weighted by Gasteiger charge is 2.39. The van der Waals surface area contributed by atoms with Crippen LogP contribution in [0.5, 0.6) is 0 Å². The summed E-state index contributed by atoms with van der Waals surface area (Å²) in [6, 6.07) is 19.4. The summed E-state index contributed by atoms with van der Waals surface area (Å²) >= 11 is 0. The molecule has 0 aliphatic rings. The first-order valence-electron chi connectivity index (χ1n) is 6.70. The molecule has 0 spiro atoms. The number of anilines is 1. The average Bonchev–Trinajstić information content (AvgIpc) is 2.53. The first kappa shape index (κ1) is 14.1. The third-order valence-electron chi connectivity index (χ3n) is 3.46. The van der Waals surface area contributed by atoms with Crippen LogP contribution in [0, 0.1) is 0 Å². The largest absolute Gasteiger partial charge is 0.467 e. The van der Waals surface area contributed by atoms with Crippen molar-refractivity contribution in [2.75, 3.05) is 12.4 Å². The van der Waals surface area contributed by atoms with Gasteiger partial charge in [-0.1, -0.05) is 55.5 Å². The summed E-state index contributed by atoms with van der Waals surface area (Å²) in [7, 11) is 1.42. The molecule has 0 heterocycles. The van der Waals surface area contributed by atoms with Crippen LogP contribution in [-0.2, 0) is 15.1 Å². The number of benzene rings is 2. The Kier molecular flexibility index (Phi) is 4.41. The van der Waals surface area contributed by atoms with Gasteiger partial charge in [-0.25, -0.2) is 4.79 Å². The molecule has 20 heavy (non-hydrogen) atoms. The molecule has 0 aliphatic heterocycles. The van der Waals surface area contributed by atoms with Gasteiger partial charge in [0, 0.05) is 5.69 Å². The fraction of sp³-hybridized carbons (Fsp3) is 0.235. The van der Waals surface area contributed by atoms with E-state index >= 15 is 0 Å². The number of ether oxygens (including phenoxy) is 1. The lowest BCUT2D eigenvalue weighted by molar-refractivity contribution is -0.146. The Morgan fingerprint density at radius 3 is 2.10 bits per heavy atom. The quantitative estimate of drug-likeness (QED) is 0.843. The van der Waals surface area contributed by atoms with Gasteiger partial charge in [-0.05, 0) is 24.1 Å². The third-order valence-corrected chi connectivity index (χ3v) is 3.46. The van der Waals surface area contributed by atoms with Gasteiger partial charge >= 0.3 is 5.97 Å². The average molecular weight is 269 g/mol. The van der Waals surface area contributed by atoms with Gasteiger partial charge in [-0.15, -0.1) is 0 Å². The molecule has 0 bridgehead atoms. The molecular formula is C17H19NO2. The predicted molar refractivity (Wildman–Crippen MR) is 80.5 cm³/mol. The number of hydrogen-bond donors (Lipinski definition) is 1. The SMILES string of the molecule is CCC(Nc1ccccc1)(C(=O)OC)c1ccccc1. The third kappa shape index (κ3) is 2.67. The van der Waals surface area contributed by atoms with Gasteiger partial charge in [0.1, 0.15) is 0 Å². The summed E-state index contributed by atoms with van der Waals surface area (Å²) in [5, 5.41) is 3.33. The Labute approximate surface area is 119 Å². The zero-order valence-corrected chi connectivity index (χ0v) is 11.8. The second kappa shape index (κ2) is 6.24. The van der Waals surface area contributed by atoms with Crippen molar-refractivity contribution >= 4 is 11.7 Å². The van der Waals surface area contributed by atoms with E-state index in [4.69, 9.17) is 4.74 Å². The molecular weight excluding hydrogens is 250 g/mol. The van der Waals surface area contributed by atoms with E-state index in [-0.39, 0.29) is 5.97 Å². The van der Waals surface area contributed by atoms with Crippen LogP contribution >= 0.6 is 0 Å². The van der Waals surface area contributed by atoms with Crippen LogP contribution in [0.1, 0.15) is 18.9 Å². The van der Waals surface area contributed by atoms with E-state index < -0.39 is 5.54 Å². The number of nitrogens with one attached hydrogen (secondary N) is 1. The van der Waals surface area contributed by atoms with E-state index in [1.165, 1.54) is 7.11 Å². The monoisotopic (exact) mass is 269 g/mol. The molecule has 0 radical (unpaired) electrons. The summed E-state index contributed by atoms with van der Waals surface area (Å²) in [5.41, 5.74) is 0.930. The highest BCUT2D eigenvalue weighted by molar-refractivity contribution is 5.86. The van der Waals surface area contributed by atoms with E-state index in [9.17, 15) is 4.79 Å². The van der Waals surface area contributed by atoms with Crippen LogP contribution in [0.15, 0.2) is 60.7 Å². The molecule has 1 N–H and O–H groups in total. The van der Waals surface area contributed by atoms with E-state index in [0.717, 1.165) is 11.3 Å². The van der Waals surface area contributed by atoms with Crippen molar-refractivity contribution in [2.24, 2.45) is 0 Å². The summed E-state index contributed by atoms with van der Waals surface area (Å²) in [6.45, 7) is 1.97. The minimum atomic E-state index is -0.864. The molecule has 104 valence electrons. The Balaban J connectivity index is 2.46. The van der Waals surface area contributed by atoms with Crippen LogP contribution in [0.2, 0.25) is 0 Å². The van der Waals surface area contributed by atoms with Gasteiger partial charge in [0.25, 0.3) is 0 Å². The van der Waals surface area contributed by atoms with E-state index in [1.54, 1.807) is 0 Å². The highest BCUT2D eigenvalue weighted by Crippen LogP contribution is 2.31. The number of carbonyl (C=O) groups is 1. The van der Waals surface area contributed by atoms with Gasteiger partial charge in [-0.2, -0.15) is 0 Å². The Morgan fingerprint density at radius 2 is 1.60 bits per heavy atom. The van der Waals surface area contributed by atoms with Crippen molar-refractivity contribution in [2.45, 2.75) is 18.9 Å². The fourth-order valence-corrected chi connectivity index (χ4v) is 2.34. The maximum Gasteiger partial charge on any atom is 0.336 e. The van der Waals surface area contributed by atoms with Gasteiger partial charge in [0.2, 0.25) is 0 Å². The molecule has 2 rings (SSSR count).